The zero-order valence-electron chi connectivity index (χ0n) is 21.9. The number of aromatic nitrogens is 4. The van der Waals surface area contributed by atoms with Crippen molar-refractivity contribution in [2.45, 2.75) is 58.5 Å². The van der Waals surface area contributed by atoms with Gasteiger partial charge in [0.25, 0.3) is 0 Å². The number of aromatic amines is 1. The predicted octanol–water partition coefficient (Wildman–Crippen LogP) is 4.78. The summed E-state index contributed by atoms with van der Waals surface area (Å²) in [6.45, 7) is 8.02. The number of methoxy groups -OCH3 is 2. The average molecular weight is 496 g/mol. The van der Waals surface area contributed by atoms with Crippen LogP contribution in [0.1, 0.15) is 68.4 Å². The van der Waals surface area contributed by atoms with Crippen molar-refractivity contribution in [2.24, 2.45) is 5.92 Å². The molecule has 0 unspecified atom stereocenters. The summed E-state index contributed by atoms with van der Waals surface area (Å²) in [6.07, 6.45) is 7.00. The van der Waals surface area contributed by atoms with E-state index in [4.69, 9.17) is 14.2 Å². The molecule has 0 aliphatic carbocycles. The number of hydrogen-bond donors (Lipinski definition) is 1. The van der Waals surface area contributed by atoms with Crippen LogP contribution in [0, 0.1) is 5.92 Å². The van der Waals surface area contributed by atoms with Crippen molar-refractivity contribution in [2.75, 3.05) is 38.8 Å². The number of hydrogen-bond acceptors (Lipinski definition) is 8. The van der Waals surface area contributed by atoms with Gasteiger partial charge in [-0.3, -0.25) is 4.79 Å². The molecule has 0 aromatic carbocycles. The Morgan fingerprint density at radius 3 is 2.69 bits per heavy atom. The van der Waals surface area contributed by atoms with Gasteiger partial charge in [0.2, 0.25) is 0 Å². The molecule has 4 heterocycles. The van der Waals surface area contributed by atoms with E-state index >= 15 is 0 Å². The number of H-pyrrole nitrogens is 1. The van der Waals surface area contributed by atoms with Crippen LogP contribution in [0.4, 0.5) is 5.82 Å². The van der Waals surface area contributed by atoms with E-state index in [1.807, 2.05) is 19.1 Å². The monoisotopic (exact) mass is 495 g/mol. The van der Waals surface area contributed by atoms with Gasteiger partial charge in [-0.05, 0) is 43.2 Å². The Balaban J connectivity index is 1.53. The third-order valence-corrected chi connectivity index (χ3v) is 7.10. The van der Waals surface area contributed by atoms with Gasteiger partial charge in [0.15, 0.2) is 5.78 Å². The van der Waals surface area contributed by atoms with Crippen molar-refractivity contribution in [3.63, 3.8) is 0 Å². The zero-order chi connectivity index (χ0) is 25.7. The molecule has 0 bridgehead atoms. The first-order chi connectivity index (χ1) is 17.4. The van der Waals surface area contributed by atoms with Crippen LogP contribution >= 0.6 is 0 Å². The van der Waals surface area contributed by atoms with E-state index in [2.05, 4.69) is 44.9 Å². The topological polar surface area (TPSA) is 102 Å². The SMILES string of the molecule is CC[C@@H](C)CC(=O)c1cc(N2CCC(c3c[nH]c4nccc(OC)c34)CC2)nc(OC[C@@H](C)OC)n1. The number of rotatable bonds is 11. The van der Waals surface area contributed by atoms with Gasteiger partial charge in [-0.25, -0.2) is 4.98 Å². The number of fused-ring (bicyclic) bond motifs is 1. The van der Waals surface area contributed by atoms with Crippen LogP contribution in [0.2, 0.25) is 0 Å². The maximum Gasteiger partial charge on any atom is 0.319 e. The molecule has 9 heteroatoms. The Morgan fingerprint density at radius 1 is 1.22 bits per heavy atom. The lowest BCUT2D eigenvalue weighted by Gasteiger charge is -2.33. The second kappa shape index (κ2) is 11.7. The number of ether oxygens (including phenoxy) is 3. The van der Waals surface area contributed by atoms with Crippen LogP contribution in [-0.4, -0.2) is 65.7 Å². The average Bonchev–Trinajstić information content (AvgIpc) is 3.36. The maximum absolute atomic E-state index is 13.0. The Labute approximate surface area is 212 Å². The summed E-state index contributed by atoms with van der Waals surface area (Å²) in [4.78, 5) is 32.0. The highest BCUT2D eigenvalue weighted by Crippen LogP contribution is 2.37. The second-order valence-corrected chi connectivity index (χ2v) is 9.63. The molecule has 0 amide bonds. The molecule has 194 valence electrons. The molecule has 3 aromatic rings. The van der Waals surface area contributed by atoms with E-state index < -0.39 is 0 Å². The summed E-state index contributed by atoms with van der Waals surface area (Å²) in [5, 5.41) is 1.06. The number of ketones is 1. The Hall–Kier alpha value is -3.20. The maximum atomic E-state index is 13.0. The fourth-order valence-corrected chi connectivity index (χ4v) is 4.57. The van der Waals surface area contributed by atoms with Crippen molar-refractivity contribution in [1.29, 1.82) is 0 Å². The lowest BCUT2D eigenvalue weighted by molar-refractivity contribution is 0.0678. The molecule has 4 rings (SSSR count). The van der Waals surface area contributed by atoms with Crippen LogP contribution in [0.3, 0.4) is 0 Å². The molecule has 36 heavy (non-hydrogen) atoms. The summed E-state index contributed by atoms with van der Waals surface area (Å²) in [6, 6.07) is 3.94. The first kappa shape index (κ1) is 25.9. The van der Waals surface area contributed by atoms with Gasteiger partial charge in [-0.1, -0.05) is 20.3 Å². The van der Waals surface area contributed by atoms with Crippen molar-refractivity contribution < 1.29 is 19.0 Å². The van der Waals surface area contributed by atoms with E-state index in [0.29, 0.717) is 30.6 Å². The van der Waals surface area contributed by atoms with Gasteiger partial charge in [-0.2, -0.15) is 9.97 Å². The number of anilines is 1. The minimum absolute atomic E-state index is 0.0194. The van der Waals surface area contributed by atoms with Gasteiger partial charge < -0.3 is 24.1 Å². The molecule has 0 spiro atoms. The molecular formula is C27H37N5O4. The first-order valence-corrected chi connectivity index (χ1v) is 12.8. The highest BCUT2D eigenvalue weighted by molar-refractivity contribution is 5.95. The summed E-state index contributed by atoms with van der Waals surface area (Å²) in [5.41, 5.74) is 2.49. The van der Waals surface area contributed by atoms with Gasteiger partial charge in [0.1, 0.15) is 29.5 Å². The highest BCUT2D eigenvalue weighted by Gasteiger charge is 2.26. The molecule has 0 saturated carbocycles. The number of nitrogens with one attached hydrogen (secondary N) is 1. The largest absolute Gasteiger partial charge is 0.496 e. The van der Waals surface area contributed by atoms with Crippen LogP contribution in [0.15, 0.2) is 24.5 Å². The lowest BCUT2D eigenvalue weighted by Crippen LogP contribution is -2.34. The Kier molecular flexibility index (Phi) is 8.40. The minimum Gasteiger partial charge on any atom is -0.496 e. The number of nitrogens with zero attached hydrogens (tertiary/aromatic N) is 4. The fourth-order valence-electron chi connectivity index (χ4n) is 4.57. The summed E-state index contributed by atoms with van der Waals surface area (Å²) in [5.74, 6) is 2.26. The molecule has 1 saturated heterocycles. The van der Waals surface area contributed by atoms with Crippen LogP contribution in [0.5, 0.6) is 11.8 Å². The van der Waals surface area contributed by atoms with Crippen LogP contribution in [-0.2, 0) is 4.74 Å². The molecular weight excluding hydrogens is 458 g/mol. The standard InChI is InChI=1S/C27H37N5O4/c1-6-17(2)13-22(33)21-14-24(31-27(30-21)36-16-18(3)34-4)32-11-8-19(9-12-32)20-15-29-26-25(20)23(35-5)7-10-28-26/h7,10,14-15,17-19H,6,8-9,11-13,16H2,1-5H3,(H,28,29)/t17-,18-/m1/s1. The second-order valence-electron chi connectivity index (χ2n) is 9.63. The minimum atomic E-state index is -0.102. The number of pyridine rings is 1. The molecule has 3 aromatic heterocycles. The lowest BCUT2D eigenvalue weighted by atomic mass is 9.89. The number of carbonyl (C=O) groups excluding carboxylic acids is 1. The van der Waals surface area contributed by atoms with Crippen molar-refractivity contribution >= 4 is 22.6 Å². The number of piperidine rings is 1. The van der Waals surface area contributed by atoms with E-state index in [1.54, 1.807) is 20.4 Å². The summed E-state index contributed by atoms with van der Waals surface area (Å²) in [7, 11) is 3.33. The Morgan fingerprint density at radius 2 is 2.00 bits per heavy atom. The molecule has 0 radical (unpaired) electrons. The third-order valence-electron chi connectivity index (χ3n) is 7.10. The van der Waals surface area contributed by atoms with E-state index in [-0.39, 0.29) is 17.9 Å². The van der Waals surface area contributed by atoms with Crippen molar-refractivity contribution in [1.82, 2.24) is 19.9 Å². The van der Waals surface area contributed by atoms with Gasteiger partial charge in [-0.15, -0.1) is 0 Å². The third kappa shape index (κ3) is 5.78. The summed E-state index contributed by atoms with van der Waals surface area (Å²) < 4.78 is 16.7. The molecule has 1 aliphatic heterocycles. The molecule has 2 atom stereocenters. The predicted molar refractivity (Wildman–Crippen MR) is 139 cm³/mol. The summed E-state index contributed by atoms with van der Waals surface area (Å²) >= 11 is 0. The highest BCUT2D eigenvalue weighted by atomic mass is 16.5. The first-order valence-electron chi connectivity index (χ1n) is 12.8. The van der Waals surface area contributed by atoms with Gasteiger partial charge in [0, 0.05) is 45.1 Å². The number of carbonyl (C=O) groups is 1. The van der Waals surface area contributed by atoms with E-state index in [0.717, 1.165) is 55.0 Å². The van der Waals surface area contributed by atoms with Crippen LogP contribution < -0.4 is 14.4 Å². The molecule has 1 N–H and O–H groups in total. The fraction of sp³-hybridized carbons (Fsp3) is 0.556. The van der Waals surface area contributed by atoms with Gasteiger partial charge >= 0.3 is 6.01 Å². The molecule has 1 fully saturated rings. The quantitative estimate of drug-likeness (QED) is 0.379. The smallest absolute Gasteiger partial charge is 0.319 e. The van der Waals surface area contributed by atoms with Crippen molar-refractivity contribution in [3.8, 4) is 11.8 Å². The Bertz CT molecular complexity index is 1170. The normalized spacial score (nSPS) is 16.2. The van der Waals surface area contributed by atoms with Gasteiger partial charge in [0.05, 0.1) is 18.6 Å². The number of Topliss-reactive ketones (excluding diaryl/α,β-unsaturated/α-hetero) is 1. The molecule has 1 aliphatic rings. The van der Waals surface area contributed by atoms with E-state index in [9.17, 15) is 4.79 Å². The van der Waals surface area contributed by atoms with Crippen molar-refractivity contribution in [3.05, 3.63) is 35.8 Å². The zero-order valence-corrected chi connectivity index (χ0v) is 21.9. The molecule has 9 nitrogen and oxygen atoms in total. The van der Waals surface area contributed by atoms with E-state index in [1.165, 1.54) is 5.56 Å². The van der Waals surface area contributed by atoms with Crippen LogP contribution in [0.25, 0.3) is 11.0 Å².